The first kappa shape index (κ1) is 16.7. The molecular formula is C16H26N2O2. The Morgan fingerprint density at radius 1 is 1.25 bits per heavy atom. The summed E-state index contributed by atoms with van der Waals surface area (Å²) in [4.78, 5) is 12.2. The Labute approximate surface area is 121 Å². The number of nitrogens with one attached hydrogen (secondary N) is 2. The molecule has 1 aromatic carbocycles. The number of rotatable bonds is 8. The van der Waals surface area contributed by atoms with Crippen molar-refractivity contribution in [3.63, 3.8) is 0 Å². The zero-order valence-corrected chi connectivity index (χ0v) is 12.6. The smallest absolute Gasteiger partial charge is 0.237 e. The van der Waals surface area contributed by atoms with E-state index in [1.165, 1.54) is 0 Å². The third-order valence-electron chi connectivity index (χ3n) is 3.27. The van der Waals surface area contributed by atoms with Crippen LogP contribution < -0.4 is 10.6 Å². The minimum Gasteiger partial charge on any atom is -0.394 e. The second-order valence-corrected chi connectivity index (χ2v) is 5.55. The lowest BCUT2D eigenvalue weighted by Crippen LogP contribution is -2.49. The van der Waals surface area contributed by atoms with Gasteiger partial charge in [0.25, 0.3) is 0 Å². The molecule has 0 aromatic heterocycles. The van der Waals surface area contributed by atoms with E-state index in [0.717, 1.165) is 12.0 Å². The highest BCUT2D eigenvalue weighted by Gasteiger charge is 2.20. The number of carbonyl (C=O) groups excluding carboxylic acids is 1. The standard InChI is InChI=1S/C16H26N2O2/c1-12(2)9-14(11-19)18-16(20)15(17-3)10-13-7-5-4-6-8-13/h4-8,12,14-15,17,19H,9-11H2,1-3H3,(H,18,20). The Morgan fingerprint density at radius 2 is 1.90 bits per heavy atom. The molecule has 4 nitrogen and oxygen atoms in total. The van der Waals surface area contributed by atoms with Gasteiger partial charge in [0.05, 0.1) is 18.7 Å². The molecule has 1 amide bonds. The maximum absolute atomic E-state index is 12.2. The summed E-state index contributed by atoms with van der Waals surface area (Å²) in [6.45, 7) is 4.13. The van der Waals surface area contributed by atoms with Gasteiger partial charge in [-0.15, -0.1) is 0 Å². The summed E-state index contributed by atoms with van der Waals surface area (Å²) >= 11 is 0. The highest BCUT2D eigenvalue weighted by Crippen LogP contribution is 2.06. The Morgan fingerprint density at radius 3 is 2.40 bits per heavy atom. The second kappa shape index (κ2) is 8.72. The Hall–Kier alpha value is -1.39. The number of aliphatic hydroxyl groups is 1. The van der Waals surface area contributed by atoms with E-state index in [1.807, 2.05) is 30.3 Å². The van der Waals surface area contributed by atoms with Crippen molar-refractivity contribution in [2.45, 2.75) is 38.8 Å². The second-order valence-electron chi connectivity index (χ2n) is 5.55. The molecule has 0 aliphatic carbocycles. The molecule has 0 saturated carbocycles. The molecule has 1 aromatic rings. The van der Waals surface area contributed by atoms with Crippen LogP contribution in [0.25, 0.3) is 0 Å². The van der Waals surface area contributed by atoms with E-state index >= 15 is 0 Å². The van der Waals surface area contributed by atoms with Gasteiger partial charge in [-0.05, 0) is 31.4 Å². The topological polar surface area (TPSA) is 61.4 Å². The Bertz CT molecular complexity index is 393. The van der Waals surface area contributed by atoms with Crippen molar-refractivity contribution in [1.29, 1.82) is 0 Å². The van der Waals surface area contributed by atoms with Crippen LogP contribution in [0, 0.1) is 5.92 Å². The van der Waals surface area contributed by atoms with E-state index in [2.05, 4.69) is 24.5 Å². The van der Waals surface area contributed by atoms with E-state index in [-0.39, 0.29) is 24.6 Å². The van der Waals surface area contributed by atoms with Crippen molar-refractivity contribution in [3.05, 3.63) is 35.9 Å². The van der Waals surface area contributed by atoms with Crippen molar-refractivity contribution >= 4 is 5.91 Å². The number of hydrogen-bond donors (Lipinski definition) is 3. The average molecular weight is 278 g/mol. The van der Waals surface area contributed by atoms with Crippen LogP contribution in [-0.4, -0.2) is 36.8 Å². The summed E-state index contributed by atoms with van der Waals surface area (Å²) < 4.78 is 0. The van der Waals surface area contributed by atoms with Crippen molar-refractivity contribution in [2.75, 3.05) is 13.7 Å². The molecule has 4 heteroatoms. The lowest BCUT2D eigenvalue weighted by atomic mass is 10.0. The molecule has 112 valence electrons. The van der Waals surface area contributed by atoms with Gasteiger partial charge in [0, 0.05) is 0 Å². The van der Waals surface area contributed by atoms with Crippen LogP contribution in [0.1, 0.15) is 25.8 Å². The lowest BCUT2D eigenvalue weighted by Gasteiger charge is -2.22. The van der Waals surface area contributed by atoms with Crippen LogP contribution in [0.15, 0.2) is 30.3 Å². The molecule has 0 radical (unpaired) electrons. The molecular weight excluding hydrogens is 252 g/mol. The van der Waals surface area contributed by atoms with Crippen molar-refractivity contribution in [3.8, 4) is 0 Å². The molecule has 2 atom stereocenters. The molecule has 3 N–H and O–H groups in total. The molecule has 0 saturated heterocycles. The normalized spacial score (nSPS) is 14.1. The van der Waals surface area contributed by atoms with Crippen LogP contribution in [0.4, 0.5) is 0 Å². The first-order valence-corrected chi connectivity index (χ1v) is 7.19. The third kappa shape index (κ3) is 5.72. The van der Waals surface area contributed by atoms with Gasteiger partial charge in [-0.3, -0.25) is 4.79 Å². The van der Waals surface area contributed by atoms with Crippen LogP contribution in [-0.2, 0) is 11.2 Å². The molecule has 0 spiro atoms. The van der Waals surface area contributed by atoms with Gasteiger partial charge in [0.2, 0.25) is 5.91 Å². The molecule has 20 heavy (non-hydrogen) atoms. The fraction of sp³-hybridized carbons (Fsp3) is 0.562. The van der Waals surface area contributed by atoms with Crippen LogP contribution in [0.3, 0.4) is 0 Å². The van der Waals surface area contributed by atoms with Crippen molar-refractivity contribution in [2.24, 2.45) is 5.92 Å². The number of benzene rings is 1. The first-order chi connectivity index (χ1) is 9.56. The summed E-state index contributed by atoms with van der Waals surface area (Å²) in [6, 6.07) is 9.46. The van der Waals surface area contributed by atoms with Crippen LogP contribution >= 0.6 is 0 Å². The molecule has 0 aliphatic heterocycles. The molecule has 0 fully saturated rings. The third-order valence-corrected chi connectivity index (χ3v) is 3.27. The van der Waals surface area contributed by atoms with E-state index in [9.17, 15) is 9.90 Å². The van der Waals surface area contributed by atoms with Gasteiger partial charge in [-0.1, -0.05) is 44.2 Å². The summed E-state index contributed by atoms with van der Waals surface area (Å²) in [7, 11) is 1.78. The lowest BCUT2D eigenvalue weighted by molar-refractivity contribution is -0.124. The molecule has 0 aliphatic rings. The number of amides is 1. The molecule has 0 heterocycles. The quantitative estimate of drug-likeness (QED) is 0.672. The maximum Gasteiger partial charge on any atom is 0.237 e. The number of likely N-dealkylation sites (N-methyl/N-ethyl adjacent to an activating group) is 1. The number of hydrogen-bond acceptors (Lipinski definition) is 3. The predicted molar refractivity (Wildman–Crippen MR) is 81.5 cm³/mol. The number of aliphatic hydroxyl groups excluding tert-OH is 1. The monoisotopic (exact) mass is 278 g/mol. The zero-order valence-electron chi connectivity index (χ0n) is 12.6. The summed E-state index contributed by atoms with van der Waals surface area (Å²) in [5, 5.41) is 15.3. The molecule has 2 unspecified atom stereocenters. The minimum absolute atomic E-state index is 0.0221. The fourth-order valence-corrected chi connectivity index (χ4v) is 2.23. The number of carbonyl (C=O) groups is 1. The van der Waals surface area contributed by atoms with Gasteiger partial charge < -0.3 is 15.7 Å². The van der Waals surface area contributed by atoms with Crippen LogP contribution in [0.5, 0.6) is 0 Å². The van der Waals surface area contributed by atoms with Crippen molar-refractivity contribution in [1.82, 2.24) is 10.6 Å². The summed E-state index contributed by atoms with van der Waals surface area (Å²) in [5.74, 6) is 0.380. The summed E-state index contributed by atoms with van der Waals surface area (Å²) in [5.41, 5.74) is 1.12. The average Bonchev–Trinajstić information content (AvgIpc) is 2.44. The Balaban J connectivity index is 2.58. The minimum atomic E-state index is -0.279. The van der Waals surface area contributed by atoms with Gasteiger partial charge in [-0.2, -0.15) is 0 Å². The van der Waals surface area contributed by atoms with E-state index < -0.39 is 0 Å². The zero-order chi connectivity index (χ0) is 15.0. The summed E-state index contributed by atoms with van der Waals surface area (Å²) in [6.07, 6.45) is 1.42. The molecule has 0 bridgehead atoms. The largest absolute Gasteiger partial charge is 0.394 e. The fourth-order valence-electron chi connectivity index (χ4n) is 2.23. The van der Waals surface area contributed by atoms with Gasteiger partial charge in [0.1, 0.15) is 0 Å². The SMILES string of the molecule is CNC(Cc1ccccc1)C(=O)NC(CO)CC(C)C. The maximum atomic E-state index is 12.2. The highest BCUT2D eigenvalue weighted by atomic mass is 16.3. The van der Waals surface area contributed by atoms with Gasteiger partial charge >= 0.3 is 0 Å². The predicted octanol–water partition coefficient (Wildman–Crippen LogP) is 1.34. The highest BCUT2D eigenvalue weighted by molar-refractivity contribution is 5.82. The van der Waals surface area contributed by atoms with Gasteiger partial charge in [0.15, 0.2) is 0 Å². The van der Waals surface area contributed by atoms with E-state index in [4.69, 9.17) is 0 Å². The van der Waals surface area contributed by atoms with Crippen molar-refractivity contribution < 1.29 is 9.90 Å². The molecule has 1 rings (SSSR count). The van der Waals surface area contributed by atoms with E-state index in [0.29, 0.717) is 12.3 Å². The Kier molecular flexibility index (Phi) is 7.26. The van der Waals surface area contributed by atoms with Crippen LogP contribution in [0.2, 0.25) is 0 Å². The first-order valence-electron chi connectivity index (χ1n) is 7.19. The van der Waals surface area contributed by atoms with Gasteiger partial charge in [-0.25, -0.2) is 0 Å². The van der Waals surface area contributed by atoms with E-state index in [1.54, 1.807) is 7.05 Å².